The predicted octanol–water partition coefficient (Wildman–Crippen LogP) is 1.86. The lowest BCUT2D eigenvalue weighted by molar-refractivity contribution is -0.116. The van der Waals surface area contributed by atoms with Crippen LogP contribution >= 0.6 is 15.9 Å². The van der Waals surface area contributed by atoms with Gasteiger partial charge in [0.1, 0.15) is 0 Å². The van der Waals surface area contributed by atoms with Gasteiger partial charge >= 0.3 is 0 Å². The highest BCUT2D eigenvalue weighted by Gasteiger charge is 2.14. The molecule has 4 N–H and O–H groups in total. The Balaban J connectivity index is 3.00. The zero-order valence-corrected chi connectivity index (χ0v) is 12.4. The Morgan fingerprint density at radius 1 is 1.44 bits per heavy atom. The number of anilines is 1. The summed E-state index contributed by atoms with van der Waals surface area (Å²) in [4.78, 5) is 13.1. The number of nitrogens with zero attached hydrogens (tertiary/aromatic N) is 1. The molecule has 0 heterocycles. The van der Waals surface area contributed by atoms with Crippen molar-refractivity contribution in [3.05, 3.63) is 28.2 Å². The Morgan fingerprint density at radius 2 is 2.11 bits per heavy atom. The number of amides is 1. The summed E-state index contributed by atoms with van der Waals surface area (Å²) in [5.41, 5.74) is 12.9. The van der Waals surface area contributed by atoms with Crippen molar-refractivity contribution in [2.45, 2.75) is 20.4 Å². The molecule has 100 valence electrons. The zero-order valence-electron chi connectivity index (χ0n) is 10.8. The summed E-state index contributed by atoms with van der Waals surface area (Å²) in [6.45, 7) is 5.72. The first kappa shape index (κ1) is 15.0. The van der Waals surface area contributed by atoms with Gasteiger partial charge in [0.05, 0.1) is 12.2 Å². The average molecular weight is 314 g/mol. The van der Waals surface area contributed by atoms with Crippen LogP contribution in [0.25, 0.3) is 0 Å². The molecule has 0 fully saturated rings. The van der Waals surface area contributed by atoms with Gasteiger partial charge in [0.2, 0.25) is 5.91 Å². The number of hydrogen-bond acceptors (Lipinski definition) is 3. The fourth-order valence-corrected chi connectivity index (χ4v) is 2.49. The molecule has 1 aromatic carbocycles. The van der Waals surface area contributed by atoms with E-state index in [1.54, 1.807) is 0 Å². The van der Waals surface area contributed by atoms with Crippen LogP contribution in [0.2, 0.25) is 0 Å². The second-order valence-electron chi connectivity index (χ2n) is 4.73. The second kappa shape index (κ2) is 6.75. The Morgan fingerprint density at radius 3 is 2.56 bits per heavy atom. The molecule has 1 aromatic rings. The van der Waals surface area contributed by atoms with E-state index in [4.69, 9.17) is 11.5 Å². The van der Waals surface area contributed by atoms with E-state index in [1.165, 1.54) is 0 Å². The molecule has 0 unspecified atom stereocenters. The van der Waals surface area contributed by atoms with Gasteiger partial charge < -0.3 is 16.4 Å². The van der Waals surface area contributed by atoms with Gasteiger partial charge in [0.15, 0.2) is 0 Å². The first-order chi connectivity index (χ1) is 8.43. The van der Waals surface area contributed by atoms with E-state index in [0.29, 0.717) is 12.5 Å². The molecule has 5 heteroatoms. The van der Waals surface area contributed by atoms with E-state index >= 15 is 0 Å². The van der Waals surface area contributed by atoms with Crippen LogP contribution in [0, 0.1) is 5.92 Å². The molecule has 0 aliphatic carbocycles. The van der Waals surface area contributed by atoms with Crippen molar-refractivity contribution in [2.24, 2.45) is 17.4 Å². The normalized spacial score (nSPS) is 10.7. The third kappa shape index (κ3) is 4.31. The summed E-state index contributed by atoms with van der Waals surface area (Å²) in [5.74, 6) is 0.121. The molecule has 1 rings (SSSR count). The first-order valence-electron chi connectivity index (χ1n) is 5.95. The molecule has 0 bridgehead atoms. The SMILES string of the molecule is CC(C)CN(CC(N)=O)c1ccc(CN)cc1Br. The number of nitrogens with two attached hydrogens (primary N) is 2. The number of benzene rings is 1. The molecule has 0 atom stereocenters. The number of rotatable bonds is 6. The number of primary amides is 1. The minimum atomic E-state index is -0.328. The molecule has 0 saturated heterocycles. The summed E-state index contributed by atoms with van der Waals surface area (Å²) < 4.78 is 0.937. The fraction of sp³-hybridized carbons (Fsp3) is 0.462. The molecule has 1 amide bonds. The van der Waals surface area contributed by atoms with E-state index in [0.717, 1.165) is 22.3 Å². The maximum absolute atomic E-state index is 11.1. The van der Waals surface area contributed by atoms with Gasteiger partial charge in [-0.25, -0.2) is 0 Å². The molecule has 0 aromatic heterocycles. The topological polar surface area (TPSA) is 72.3 Å². The summed E-state index contributed by atoms with van der Waals surface area (Å²) in [7, 11) is 0. The van der Waals surface area contributed by atoms with Crippen LogP contribution in [0.4, 0.5) is 5.69 Å². The van der Waals surface area contributed by atoms with Crippen molar-refractivity contribution in [1.82, 2.24) is 0 Å². The van der Waals surface area contributed by atoms with E-state index < -0.39 is 0 Å². The summed E-state index contributed by atoms with van der Waals surface area (Å²) in [5, 5.41) is 0. The fourth-order valence-electron chi connectivity index (χ4n) is 1.81. The van der Waals surface area contributed by atoms with Crippen LogP contribution in [0.5, 0.6) is 0 Å². The van der Waals surface area contributed by atoms with E-state index in [9.17, 15) is 4.79 Å². The summed E-state index contributed by atoms with van der Waals surface area (Å²) in [6.07, 6.45) is 0. The van der Waals surface area contributed by atoms with Gasteiger partial charge in [0.25, 0.3) is 0 Å². The largest absolute Gasteiger partial charge is 0.368 e. The summed E-state index contributed by atoms with van der Waals surface area (Å²) >= 11 is 3.52. The minimum Gasteiger partial charge on any atom is -0.368 e. The van der Waals surface area contributed by atoms with Gasteiger partial charge in [-0.3, -0.25) is 4.79 Å². The quantitative estimate of drug-likeness (QED) is 0.842. The number of carbonyl (C=O) groups is 1. The standard InChI is InChI=1S/C13H20BrN3O/c1-9(2)7-17(8-13(16)18)12-4-3-10(6-15)5-11(12)14/h3-5,9H,6-8,15H2,1-2H3,(H2,16,18). The van der Waals surface area contributed by atoms with E-state index in [2.05, 4.69) is 29.8 Å². The van der Waals surface area contributed by atoms with E-state index in [1.807, 2.05) is 23.1 Å². The molecular formula is C13H20BrN3O. The van der Waals surface area contributed by atoms with Gasteiger partial charge in [-0.05, 0) is 39.5 Å². The highest BCUT2D eigenvalue weighted by molar-refractivity contribution is 9.10. The van der Waals surface area contributed by atoms with Crippen LogP contribution in [0.1, 0.15) is 19.4 Å². The van der Waals surface area contributed by atoms with Gasteiger partial charge in [-0.1, -0.05) is 19.9 Å². The zero-order chi connectivity index (χ0) is 13.7. The average Bonchev–Trinajstić information content (AvgIpc) is 2.26. The molecule has 18 heavy (non-hydrogen) atoms. The third-order valence-electron chi connectivity index (χ3n) is 2.52. The Labute approximate surface area is 116 Å². The Kier molecular flexibility index (Phi) is 5.62. The second-order valence-corrected chi connectivity index (χ2v) is 5.58. The molecule has 4 nitrogen and oxygen atoms in total. The van der Waals surface area contributed by atoms with Crippen molar-refractivity contribution in [1.29, 1.82) is 0 Å². The molecular weight excluding hydrogens is 294 g/mol. The van der Waals surface area contributed by atoms with E-state index in [-0.39, 0.29) is 12.5 Å². The van der Waals surface area contributed by atoms with Gasteiger partial charge in [-0.15, -0.1) is 0 Å². The van der Waals surface area contributed by atoms with Crippen molar-refractivity contribution >= 4 is 27.5 Å². The molecule has 0 aliphatic heterocycles. The maximum atomic E-state index is 11.1. The Hall–Kier alpha value is -1.07. The lowest BCUT2D eigenvalue weighted by Gasteiger charge is -2.26. The number of hydrogen-bond donors (Lipinski definition) is 2. The van der Waals surface area contributed by atoms with Gasteiger partial charge in [0, 0.05) is 17.6 Å². The highest BCUT2D eigenvalue weighted by Crippen LogP contribution is 2.27. The van der Waals surface area contributed by atoms with Crippen molar-refractivity contribution in [3.63, 3.8) is 0 Å². The van der Waals surface area contributed by atoms with Crippen LogP contribution in [-0.2, 0) is 11.3 Å². The lowest BCUT2D eigenvalue weighted by atomic mass is 10.1. The summed E-state index contributed by atoms with van der Waals surface area (Å²) in [6, 6.07) is 5.91. The highest BCUT2D eigenvalue weighted by atomic mass is 79.9. The van der Waals surface area contributed by atoms with Crippen LogP contribution in [0.3, 0.4) is 0 Å². The van der Waals surface area contributed by atoms with Crippen LogP contribution in [0.15, 0.2) is 22.7 Å². The Bertz CT molecular complexity index is 421. The lowest BCUT2D eigenvalue weighted by Crippen LogP contribution is -2.36. The molecule has 0 radical (unpaired) electrons. The number of halogens is 1. The maximum Gasteiger partial charge on any atom is 0.236 e. The minimum absolute atomic E-state index is 0.221. The number of carbonyl (C=O) groups excluding carboxylic acids is 1. The monoisotopic (exact) mass is 313 g/mol. The molecule has 0 saturated carbocycles. The smallest absolute Gasteiger partial charge is 0.236 e. The molecule has 0 spiro atoms. The molecule has 0 aliphatic rings. The predicted molar refractivity (Wildman–Crippen MR) is 78.3 cm³/mol. The van der Waals surface area contributed by atoms with Crippen molar-refractivity contribution < 1.29 is 4.79 Å². The third-order valence-corrected chi connectivity index (χ3v) is 3.16. The first-order valence-corrected chi connectivity index (χ1v) is 6.75. The van der Waals surface area contributed by atoms with Crippen molar-refractivity contribution in [2.75, 3.05) is 18.0 Å². The van der Waals surface area contributed by atoms with Crippen LogP contribution < -0.4 is 16.4 Å². The van der Waals surface area contributed by atoms with Crippen LogP contribution in [-0.4, -0.2) is 19.0 Å². The van der Waals surface area contributed by atoms with Gasteiger partial charge in [-0.2, -0.15) is 0 Å². The van der Waals surface area contributed by atoms with Crippen molar-refractivity contribution in [3.8, 4) is 0 Å².